The zero-order valence-electron chi connectivity index (χ0n) is 16.0. The number of halogens is 2. The molecular weight excluding hydrogens is 393 g/mol. The lowest BCUT2D eigenvalue weighted by molar-refractivity contribution is 0.269. The summed E-state index contributed by atoms with van der Waals surface area (Å²) in [5.41, 5.74) is 4.28. The van der Waals surface area contributed by atoms with Crippen LogP contribution in [0.3, 0.4) is 0 Å². The normalized spacial score (nSPS) is 10.6. The highest BCUT2D eigenvalue weighted by molar-refractivity contribution is 6.32. The number of hydrogen-bond acceptors (Lipinski definition) is 3. The summed E-state index contributed by atoms with van der Waals surface area (Å²) in [5, 5.41) is 4.60. The van der Waals surface area contributed by atoms with Crippen molar-refractivity contribution in [1.82, 2.24) is 0 Å². The van der Waals surface area contributed by atoms with Crippen molar-refractivity contribution in [3.63, 3.8) is 0 Å². The van der Waals surface area contributed by atoms with Gasteiger partial charge in [-0.3, -0.25) is 0 Å². The van der Waals surface area contributed by atoms with E-state index in [4.69, 9.17) is 32.7 Å². The Labute approximate surface area is 176 Å². The predicted octanol–water partition coefficient (Wildman–Crippen LogP) is 6.89. The van der Waals surface area contributed by atoms with E-state index in [1.807, 2.05) is 55.5 Å². The summed E-state index contributed by atoms with van der Waals surface area (Å²) in [6.07, 6.45) is 0. The molecule has 28 heavy (non-hydrogen) atoms. The molecule has 3 aromatic carbocycles. The molecule has 0 heterocycles. The third kappa shape index (κ3) is 5.57. The summed E-state index contributed by atoms with van der Waals surface area (Å²) in [4.78, 5) is 0. The van der Waals surface area contributed by atoms with Crippen molar-refractivity contribution in [2.45, 2.75) is 27.0 Å². The maximum atomic E-state index is 6.52. The molecule has 146 valence electrons. The lowest BCUT2D eigenvalue weighted by Crippen LogP contribution is -2.04. The molecule has 0 aliphatic rings. The van der Waals surface area contributed by atoms with Gasteiger partial charge < -0.3 is 14.8 Å². The second kappa shape index (κ2) is 9.72. The predicted molar refractivity (Wildman–Crippen MR) is 117 cm³/mol. The standard InChI is InChI=1S/C23H23Cl2NO2/c1-3-27-22-13-18(14-26-20-9-7-19(24)8-10-20)12-21(25)23(22)28-15-17-6-4-5-16(2)11-17/h4-13,26H,3,14-15H2,1-2H3. The second-order valence-corrected chi connectivity index (χ2v) is 7.32. The zero-order valence-corrected chi connectivity index (χ0v) is 17.5. The maximum Gasteiger partial charge on any atom is 0.180 e. The van der Waals surface area contributed by atoms with E-state index in [2.05, 4.69) is 24.4 Å². The molecule has 1 N–H and O–H groups in total. The fourth-order valence-electron chi connectivity index (χ4n) is 2.86. The summed E-state index contributed by atoms with van der Waals surface area (Å²) < 4.78 is 11.8. The average molecular weight is 416 g/mol. The van der Waals surface area contributed by atoms with Gasteiger partial charge in [0.15, 0.2) is 11.5 Å². The van der Waals surface area contributed by atoms with E-state index in [1.165, 1.54) is 5.56 Å². The van der Waals surface area contributed by atoms with Crippen LogP contribution >= 0.6 is 23.2 Å². The van der Waals surface area contributed by atoms with Gasteiger partial charge in [0.05, 0.1) is 11.6 Å². The van der Waals surface area contributed by atoms with Gasteiger partial charge in [0.2, 0.25) is 0 Å². The SMILES string of the molecule is CCOc1cc(CNc2ccc(Cl)cc2)cc(Cl)c1OCc1cccc(C)c1. The Kier molecular flexibility index (Phi) is 7.07. The summed E-state index contributed by atoms with van der Waals surface area (Å²) in [6.45, 7) is 5.58. The zero-order chi connectivity index (χ0) is 19.9. The first kappa shape index (κ1) is 20.4. The summed E-state index contributed by atoms with van der Waals surface area (Å²) in [5.74, 6) is 1.22. The molecule has 0 radical (unpaired) electrons. The Morgan fingerprint density at radius 1 is 0.893 bits per heavy atom. The number of benzene rings is 3. The van der Waals surface area contributed by atoms with Crippen molar-refractivity contribution < 1.29 is 9.47 Å². The molecular formula is C23H23Cl2NO2. The van der Waals surface area contributed by atoms with Crippen LogP contribution in [-0.2, 0) is 13.2 Å². The Bertz CT molecular complexity index is 926. The van der Waals surface area contributed by atoms with Gasteiger partial charge in [-0.05, 0) is 61.4 Å². The van der Waals surface area contributed by atoms with Crippen LogP contribution in [0, 0.1) is 6.92 Å². The van der Waals surface area contributed by atoms with Crippen LogP contribution in [0.2, 0.25) is 10.0 Å². The number of ether oxygens (including phenoxy) is 2. The quantitative estimate of drug-likeness (QED) is 0.434. The lowest BCUT2D eigenvalue weighted by Gasteiger charge is -2.16. The Morgan fingerprint density at radius 3 is 2.39 bits per heavy atom. The van der Waals surface area contributed by atoms with Gasteiger partial charge in [-0.15, -0.1) is 0 Å². The van der Waals surface area contributed by atoms with Crippen LogP contribution < -0.4 is 14.8 Å². The highest BCUT2D eigenvalue weighted by atomic mass is 35.5. The Balaban J connectivity index is 1.74. The van der Waals surface area contributed by atoms with Crippen molar-refractivity contribution in [2.24, 2.45) is 0 Å². The van der Waals surface area contributed by atoms with Crippen LogP contribution in [0.1, 0.15) is 23.6 Å². The van der Waals surface area contributed by atoms with Gasteiger partial charge in [-0.2, -0.15) is 0 Å². The number of rotatable bonds is 8. The van der Waals surface area contributed by atoms with E-state index in [9.17, 15) is 0 Å². The molecule has 0 unspecified atom stereocenters. The van der Waals surface area contributed by atoms with Crippen LogP contribution in [0.15, 0.2) is 60.7 Å². The van der Waals surface area contributed by atoms with E-state index in [-0.39, 0.29) is 0 Å². The van der Waals surface area contributed by atoms with E-state index < -0.39 is 0 Å². The van der Waals surface area contributed by atoms with E-state index in [1.54, 1.807) is 0 Å². The molecule has 3 nitrogen and oxygen atoms in total. The highest BCUT2D eigenvalue weighted by Crippen LogP contribution is 2.37. The molecule has 0 aromatic heterocycles. The van der Waals surface area contributed by atoms with Gasteiger partial charge in [0, 0.05) is 17.3 Å². The topological polar surface area (TPSA) is 30.5 Å². The molecule has 3 aromatic rings. The number of aryl methyl sites for hydroxylation is 1. The van der Waals surface area contributed by atoms with Crippen LogP contribution in [-0.4, -0.2) is 6.61 Å². The Hall–Kier alpha value is -2.36. The first-order chi connectivity index (χ1) is 13.5. The molecule has 5 heteroatoms. The summed E-state index contributed by atoms with van der Waals surface area (Å²) in [6, 6.07) is 19.6. The fourth-order valence-corrected chi connectivity index (χ4v) is 3.27. The van der Waals surface area contributed by atoms with Gasteiger partial charge in [-0.25, -0.2) is 0 Å². The molecule has 0 aliphatic heterocycles. The summed E-state index contributed by atoms with van der Waals surface area (Å²) in [7, 11) is 0. The van der Waals surface area contributed by atoms with Crippen LogP contribution in [0.5, 0.6) is 11.5 Å². The molecule has 0 fully saturated rings. The van der Waals surface area contributed by atoms with Crippen molar-refractivity contribution in [1.29, 1.82) is 0 Å². The van der Waals surface area contributed by atoms with Gasteiger partial charge >= 0.3 is 0 Å². The number of hydrogen-bond donors (Lipinski definition) is 1. The first-order valence-electron chi connectivity index (χ1n) is 9.18. The van der Waals surface area contributed by atoms with Crippen molar-refractivity contribution in [3.8, 4) is 11.5 Å². The van der Waals surface area contributed by atoms with Crippen LogP contribution in [0.25, 0.3) is 0 Å². The molecule has 3 rings (SSSR count). The maximum absolute atomic E-state index is 6.52. The highest BCUT2D eigenvalue weighted by Gasteiger charge is 2.13. The first-order valence-corrected chi connectivity index (χ1v) is 9.93. The molecule has 0 bridgehead atoms. The molecule has 0 atom stereocenters. The van der Waals surface area contributed by atoms with Crippen LogP contribution in [0.4, 0.5) is 5.69 Å². The Morgan fingerprint density at radius 2 is 1.68 bits per heavy atom. The monoisotopic (exact) mass is 415 g/mol. The van der Waals surface area contributed by atoms with Crippen molar-refractivity contribution in [3.05, 3.63) is 87.4 Å². The molecule has 0 saturated heterocycles. The van der Waals surface area contributed by atoms with E-state index in [0.29, 0.717) is 41.3 Å². The van der Waals surface area contributed by atoms with Gasteiger partial charge in [0.25, 0.3) is 0 Å². The average Bonchev–Trinajstić information content (AvgIpc) is 2.67. The fraction of sp³-hybridized carbons (Fsp3) is 0.217. The third-order valence-electron chi connectivity index (χ3n) is 4.18. The molecule has 0 saturated carbocycles. The smallest absolute Gasteiger partial charge is 0.180 e. The minimum absolute atomic E-state index is 0.434. The largest absolute Gasteiger partial charge is 0.490 e. The number of nitrogens with one attached hydrogen (secondary N) is 1. The minimum Gasteiger partial charge on any atom is -0.490 e. The number of anilines is 1. The lowest BCUT2D eigenvalue weighted by atomic mass is 10.1. The minimum atomic E-state index is 0.434. The van der Waals surface area contributed by atoms with Crippen molar-refractivity contribution >= 4 is 28.9 Å². The molecule has 0 spiro atoms. The summed E-state index contributed by atoms with van der Waals surface area (Å²) >= 11 is 12.4. The second-order valence-electron chi connectivity index (χ2n) is 6.48. The van der Waals surface area contributed by atoms with Crippen molar-refractivity contribution in [2.75, 3.05) is 11.9 Å². The molecule has 0 amide bonds. The molecule has 0 aliphatic carbocycles. The van der Waals surface area contributed by atoms with Gasteiger partial charge in [0.1, 0.15) is 6.61 Å². The third-order valence-corrected chi connectivity index (χ3v) is 4.71. The van der Waals surface area contributed by atoms with E-state index in [0.717, 1.165) is 16.8 Å². The van der Waals surface area contributed by atoms with E-state index >= 15 is 0 Å². The van der Waals surface area contributed by atoms with Gasteiger partial charge in [-0.1, -0.05) is 53.0 Å².